The van der Waals surface area contributed by atoms with E-state index in [9.17, 15) is 13.2 Å². The molecule has 0 fully saturated rings. The second-order valence-electron chi connectivity index (χ2n) is 5.77. The van der Waals surface area contributed by atoms with Gasteiger partial charge in [0.2, 0.25) is 5.88 Å². The van der Waals surface area contributed by atoms with Crippen LogP contribution in [0.3, 0.4) is 0 Å². The van der Waals surface area contributed by atoms with Crippen molar-refractivity contribution in [1.82, 2.24) is 15.6 Å². The molecule has 0 aliphatic rings. The summed E-state index contributed by atoms with van der Waals surface area (Å²) in [6.07, 6.45) is -2.04. The largest absolute Gasteiger partial charge is 0.468 e. The Hall–Kier alpha value is -2.04. The zero-order chi connectivity index (χ0) is 19.5. The lowest BCUT2D eigenvalue weighted by Gasteiger charge is -2.11. The summed E-state index contributed by atoms with van der Waals surface area (Å²) in [5.74, 6) is 0.610. The molecule has 1 aromatic carbocycles. The van der Waals surface area contributed by atoms with E-state index in [0.717, 1.165) is 25.1 Å². The molecule has 5 nitrogen and oxygen atoms in total. The lowest BCUT2D eigenvalue weighted by molar-refractivity contribution is -0.154. The van der Waals surface area contributed by atoms with E-state index in [-0.39, 0.29) is 29.9 Å². The molecule has 2 N–H and O–H groups in total. The van der Waals surface area contributed by atoms with Gasteiger partial charge < -0.3 is 15.4 Å². The number of alkyl halides is 3. The number of hydrogen-bond acceptors (Lipinski definition) is 3. The maximum Gasteiger partial charge on any atom is 0.422 e. The molecule has 0 saturated heterocycles. The van der Waals surface area contributed by atoms with Crippen LogP contribution in [-0.2, 0) is 13.0 Å². The molecule has 2 aromatic rings. The molecule has 0 unspecified atom stereocenters. The fraction of sp³-hybridized carbons (Fsp3) is 0.368. The predicted octanol–water partition coefficient (Wildman–Crippen LogP) is 3.94. The topological polar surface area (TPSA) is 58.5 Å². The highest BCUT2D eigenvalue weighted by Crippen LogP contribution is 2.17. The summed E-state index contributed by atoms with van der Waals surface area (Å²) in [6.45, 7) is 2.43. The van der Waals surface area contributed by atoms with E-state index in [0.29, 0.717) is 12.5 Å². The van der Waals surface area contributed by atoms with Gasteiger partial charge in [-0.15, -0.1) is 24.0 Å². The quantitative estimate of drug-likeness (QED) is 0.323. The first-order valence-electron chi connectivity index (χ1n) is 8.67. The van der Waals surface area contributed by atoms with E-state index in [1.54, 1.807) is 6.07 Å². The Morgan fingerprint density at radius 2 is 1.82 bits per heavy atom. The first-order chi connectivity index (χ1) is 13.0. The molecule has 0 spiro atoms. The van der Waals surface area contributed by atoms with Crippen molar-refractivity contribution in [2.45, 2.75) is 26.1 Å². The number of aromatic nitrogens is 1. The molecule has 0 radical (unpaired) electrons. The molecule has 0 aliphatic heterocycles. The Morgan fingerprint density at radius 3 is 2.43 bits per heavy atom. The molecule has 0 saturated carbocycles. The molecule has 154 valence electrons. The van der Waals surface area contributed by atoms with E-state index in [1.165, 1.54) is 17.8 Å². The number of hydrogen-bond donors (Lipinski definition) is 2. The summed E-state index contributed by atoms with van der Waals surface area (Å²) in [5.41, 5.74) is 2.01. The Balaban J connectivity index is 0.00000392. The van der Waals surface area contributed by atoms with Crippen LogP contribution in [0.15, 0.2) is 53.7 Å². The summed E-state index contributed by atoms with van der Waals surface area (Å²) in [7, 11) is 0. The van der Waals surface area contributed by atoms with Crippen molar-refractivity contribution in [3.05, 3.63) is 59.8 Å². The third-order valence-corrected chi connectivity index (χ3v) is 3.49. The molecule has 9 heteroatoms. The van der Waals surface area contributed by atoms with Gasteiger partial charge in [-0.1, -0.05) is 36.4 Å². The molecule has 0 amide bonds. The van der Waals surface area contributed by atoms with Crippen molar-refractivity contribution in [2.75, 3.05) is 19.7 Å². The molecule has 0 aliphatic carbocycles. The van der Waals surface area contributed by atoms with E-state index < -0.39 is 12.8 Å². The number of nitrogens with zero attached hydrogens (tertiary/aromatic N) is 2. The standard InChI is InChI=1S/C19H23F3N4O.HI/c1-2-23-18(24-11-10-15-6-4-3-5-7-15)26-13-16-8-9-17(25-12-16)27-14-19(20,21)22;/h3-9,12H,2,10-11,13-14H2,1H3,(H2,23,24,26);1H. The van der Waals surface area contributed by atoms with Crippen LogP contribution in [0.4, 0.5) is 13.2 Å². The number of aliphatic imine (C=N–C) groups is 1. The van der Waals surface area contributed by atoms with Crippen molar-refractivity contribution in [3.8, 4) is 5.88 Å². The highest BCUT2D eigenvalue weighted by molar-refractivity contribution is 14.0. The molecule has 2 rings (SSSR count). The van der Waals surface area contributed by atoms with Gasteiger partial charge in [0.15, 0.2) is 12.6 Å². The fourth-order valence-corrected chi connectivity index (χ4v) is 2.23. The van der Waals surface area contributed by atoms with Gasteiger partial charge in [-0.25, -0.2) is 9.98 Å². The number of nitrogens with one attached hydrogen (secondary N) is 2. The Bertz CT molecular complexity index is 709. The van der Waals surface area contributed by atoms with Crippen LogP contribution in [0.5, 0.6) is 5.88 Å². The number of halogens is 4. The maximum absolute atomic E-state index is 12.1. The summed E-state index contributed by atoms with van der Waals surface area (Å²) in [5, 5.41) is 6.41. The normalized spacial score (nSPS) is 11.5. The average Bonchev–Trinajstić information content (AvgIpc) is 2.65. The summed E-state index contributed by atoms with van der Waals surface area (Å²) >= 11 is 0. The van der Waals surface area contributed by atoms with E-state index in [1.807, 2.05) is 25.1 Å². The van der Waals surface area contributed by atoms with Gasteiger partial charge >= 0.3 is 6.18 Å². The van der Waals surface area contributed by atoms with Gasteiger partial charge in [-0.05, 0) is 24.5 Å². The third kappa shape index (κ3) is 9.77. The molecule has 1 heterocycles. The van der Waals surface area contributed by atoms with Crippen LogP contribution in [0.2, 0.25) is 0 Å². The van der Waals surface area contributed by atoms with Crippen molar-refractivity contribution < 1.29 is 17.9 Å². The van der Waals surface area contributed by atoms with Crippen molar-refractivity contribution >= 4 is 29.9 Å². The van der Waals surface area contributed by atoms with Crippen LogP contribution in [0, 0.1) is 0 Å². The van der Waals surface area contributed by atoms with Crippen LogP contribution in [-0.4, -0.2) is 36.8 Å². The van der Waals surface area contributed by atoms with Gasteiger partial charge in [0.1, 0.15) is 0 Å². The second-order valence-corrected chi connectivity index (χ2v) is 5.77. The van der Waals surface area contributed by atoms with Gasteiger partial charge in [0.05, 0.1) is 6.54 Å². The van der Waals surface area contributed by atoms with Gasteiger partial charge in [0.25, 0.3) is 0 Å². The molecule has 28 heavy (non-hydrogen) atoms. The van der Waals surface area contributed by atoms with Crippen LogP contribution >= 0.6 is 24.0 Å². The number of pyridine rings is 1. The minimum atomic E-state index is -4.38. The number of ether oxygens (including phenoxy) is 1. The van der Waals surface area contributed by atoms with E-state index in [2.05, 4.69) is 37.5 Å². The third-order valence-electron chi connectivity index (χ3n) is 3.49. The number of rotatable bonds is 8. The average molecular weight is 508 g/mol. The lowest BCUT2D eigenvalue weighted by Crippen LogP contribution is -2.38. The Labute approximate surface area is 179 Å². The Morgan fingerprint density at radius 1 is 1.07 bits per heavy atom. The summed E-state index contributed by atoms with van der Waals surface area (Å²) in [6, 6.07) is 13.2. The van der Waals surface area contributed by atoms with E-state index >= 15 is 0 Å². The molecular formula is C19H24F3IN4O. The molecule has 1 aromatic heterocycles. The van der Waals surface area contributed by atoms with Gasteiger partial charge in [-0.3, -0.25) is 0 Å². The highest BCUT2D eigenvalue weighted by Gasteiger charge is 2.28. The predicted molar refractivity (Wildman–Crippen MR) is 114 cm³/mol. The lowest BCUT2D eigenvalue weighted by atomic mass is 10.1. The number of guanidine groups is 1. The fourth-order valence-electron chi connectivity index (χ4n) is 2.23. The monoisotopic (exact) mass is 508 g/mol. The summed E-state index contributed by atoms with van der Waals surface area (Å²) in [4.78, 5) is 8.34. The maximum atomic E-state index is 12.1. The second kappa shape index (κ2) is 12.4. The van der Waals surface area contributed by atoms with Crippen molar-refractivity contribution in [2.24, 2.45) is 4.99 Å². The zero-order valence-electron chi connectivity index (χ0n) is 15.5. The number of benzene rings is 1. The van der Waals surface area contributed by atoms with Crippen molar-refractivity contribution in [1.29, 1.82) is 0 Å². The van der Waals surface area contributed by atoms with Gasteiger partial charge in [0, 0.05) is 25.4 Å². The molecule has 0 bridgehead atoms. The minimum Gasteiger partial charge on any atom is -0.468 e. The van der Waals surface area contributed by atoms with Crippen molar-refractivity contribution in [3.63, 3.8) is 0 Å². The smallest absolute Gasteiger partial charge is 0.422 e. The van der Waals surface area contributed by atoms with Crippen LogP contribution in [0.25, 0.3) is 0 Å². The molecular weight excluding hydrogens is 484 g/mol. The van der Waals surface area contributed by atoms with E-state index in [4.69, 9.17) is 0 Å². The first kappa shape index (κ1) is 24.0. The Kier molecular flexibility index (Phi) is 10.6. The molecule has 0 atom stereocenters. The summed E-state index contributed by atoms with van der Waals surface area (Å²) < 4.78 is 41.0. The first-order valence-corrected chi connectivity index (χ1v) is 8.67. The van der Waals surface area contributed by atoms with Crippen LogP contribution in [0.1, 0.15) is 18.1 Å². The van der Waals surface area contributed by atoms with Gasteiger partial charge in [-0.2, -0.15) is 13.2 Å². The zero-order valence-corrected chi connectivity index (χ0v) is 17.8. The highest BCUT2D eigenvalue weighted by atomic mass is 127. The van der Waals surface area contributed by atoms with Crippen LogP contribution < -0.4 is 15.4 Å². The SMILES string of the molecule is CCNC(=NCc1ccc(OCC(F)(F)F)nc1)NCCc1ccccc1.I. The minimum absolute atomic E-state index is 0.